The van der Waals surface area contributed by atoms with E-state index in [4.69, 9.17) is 17.0 Å². The Labute approximate surface area is 204 Å². The van der Waals surface area contributed by atoms with Gasteiger partial charge >= 0.3 is 0 Å². The first-order valence-corrected chi connectivity index (χ1v) is 11.6. The van der Waals surface area contributed by atoms with Crippen molar-refractivity contribution in [2.45, 2.75) is 39.8 Å². The summed E-state index contributed by atoms with van der Waals surface area (Å²) in [6, 6.07) is 12.6. The van der Waals surface area contributed by atoms with Crippen LogP contribution in [0.5, 0.6) is 5.75 Å². The molecule has 0 bridgehead atoms. The molecule has 1 fully saturated rings. The summed E-state index contributed by atoms with van der Waals surface area (Å²) < 4.78 is 7.62. The number of nitrogens with one attached hydrogen (secondary N) is 1. The van der Waals surface area contributed by atoms with E-state index in [0.717, 1.165) is 34.9 Å². The molecule has 0 spiro atoms. The van der Waals surface area contributed by atoms with Crippen LogP contribution >= 0.6 is 12.2 Å². The maximum absolute atomic E-state index is 11.3. The first-order valence-electron chi connectivity index (χ1n) is 11.2. The molecule has 3 heterocycles. The maximum atomic E-state index is 11.3. The zero-order valence-electron chi connectivity index (χ0n) is 20.0. The topological polar surface area (TPSA) is 85.5 Å². The Kier molecular flexibility index (Phi) is 6.56. The lowest BCUT2D eigenvalue weighted by atomic mass is 9.96. The Morgan fingerprint density at radius 2 is 2.00 bits per heavy atom. The molecule has 0 saturated carbocycles. The molecular formula is C25H29N5O3S. The lowest BCUT2D eigenvalue weighted by molar-refractivity contribution is -0.384. The van der Waals surface area contributed by atoms with Gasteiger partial charge in [-0.2, -0.15) is 0 Å². The van der Waals surface area contributed by atoms with Gasteiger partial charge in [0.2, 0.25) is 0 Å². The molecule has 1 saturated heterocycles. The summed E-state index contributed by atoms with van der Waals surface area (Å²) in [5.74, 6) is 0.867. The number of methoxy groups -OCH3 is 1. The van der Waals surface area contributed by atoms with Crippen molar-refractivity contribution in [1.82, 2.24) is 19.8 Å². The number of benzene rings is 1. The fourth-order valence-electron chi connectivity index (χ4n) is 4.76. The Morgan fingerprint density at radius 1 is 1.24 bits per heavy atom. The fourth-order valence-corrected chi connectivity index (χ4v) is 5.07. The molecule has 34 heavy (non-hydrogen) atoms. The molecule has 2 aromatic heterocycles. The molecule has 1 aliphatic heterocycles. The van der Waals surface area contributed by atoms with Crippen LogP contribution in [0.15, 0.2) is 48.7 Å². The van der Waals surface area contributed by atoms with Crippen molar-refractivity contribution in [2.75, 3.05) is 13.7 Å². The smallest absolute Gasteiger partial charge is 0.273 e. The van der Waals surface area contributed by atoms with Gasteiger partial charge in [-0.1, -0.05) is 19.9 Å². The van der Waals surface area contributed by atoms with E-state index in [-0.39, 0.29) is 17.8 Å². The van der Waals surface area contributed by atoms with Gasteiger partial charge in [0.05, 0.1) is 41.6 Å². The van der Waals surface area contributed by atoms with E-state index in [1.807, 2.05) is 25.1 Å². The predicted octanol–water partition coefficient (Wildman–Crippen LogP) is 5.03. The second-order valence-corrected chi connectivity index (χ2v) is 9.33. The Bertz CT molecular complexity index is 1220. The minimum Gasteiger partial charge on any atom is -0.494 e. The van der Waals surface area contributed by atoms with Crippen LogP contribution in [0.1, 0.15) is 48.6 Å². The minimum atomic E-state index is -0.417. The second-order valence-electron chi connectivity index (χ2n) is 8.95. The van der Waals surface area contributed by atoms with Gasteiger partial charge < -0.3 is 19.5 Å². The molecule has 0 unspecified atom stereocenters. The van der Waals surface area contributed by atoms with Crippen LogP contribution in [-0.4, -0.2) is 38.1 Å². The van der Waals surface area contributed by atoms with E-state index in [1.165, 1.54) is 19.2 Å². The van der Waals surface area contributed by atoms with Crippen LogP contribution in [0.25, 0.3) is 5.69 Å². The normalized spacial score (nSPS) is 17.8. The van der Waals surface area contributed by atoms with E-state index in [0.29, 0.717) is 16.8 Å². The minimum absolute atomic E-state index is 0.00745. The average molecular weight is 480 g/mol. The first kappa shape index (κ1) is 23.7. The van der Waals surface area contributed by atoms with Crippen LogP contribution in [0.3, 0.4) is 0 Å². The quantitative estimate of drug-likeness (QED) is 0.289. The van der Waals surface area contributed by atoms with Gasteiger partial charge in [0.15, 0.2) is 5.11 Å². The SMILES string of the molecule is COc1cc([N+](=O)[O-])ccc1-n1c(C)cc([C@H]2[C@@H](c3ccccn3)NC(=S)N2CC(C)C)c1C. The second kappa shape index (κ2) is 9.42. The highest BCUT2D eigenvalue weighted by Gasteiger charge is 2.41. The van der Waals surface area contributed by atoms with Gasteiger partial charge in [-0.05, 0) is 61.8 Å². The third-order valence-corrected chi connectivity index (χ3v) is 6.52. The highest BCUT2D eigenvalue weighted by Crippen LogP contribution is 2.42. The van der Waals surface area contributed by atoms with Gasteiger partial charge in [-0.3, -0.25) is 15.1 Å². The van der Waals surface area contributed by atoms with Gasteiger partial charge in [-0.15, -0.1) is 0 Å². The van der Waals surface area contributed by atoms with Crippen molar-refractivity contribution in [3.05, 3.63) is 81.4 Å². The molecule has 1 N–H and O–H groups in total. The third-order valence-electron chi connectivity index (χ3n) is 6.16. The largest absolute Gasteiger partial charge is 0.494 e. The number of rotatable bonds is 7. The standard InChI is InChI=1S/C25H29N5O3S/c1-15(2)14-28-24(23(27-25(28)34)20-8-6-7-11-26-20)19-12-16(3)29(17(19)4)21-10-9-18(30(31)32)13-22(21)33-5/h6-13,15,23-24H,14H2,1-5H3,(H,27,34)/t23-,24+/m1/s1. The van der Waals surface area contributed by atoms with Gasteiger partial charge in [-0.25, -0.2) is 0 Å². The van der Waals surface area contributed by atoms with Gasteiger partial charge in [0.1, 0.15) is 5.75 Å². The summed E-state index contributed by atoms with van der Waals surface area (Å²) in [5.41, 5.74) is 4.83. The number of pyridine rings is 1. The van der Waals surface area contributed by atoms with E-state index >= 15 is 0 Å². The Balaban J connectivity index is 1.85. The van der Waals surface area contributed by atoms with E-state index in [1.54, 1.807) is 12.3 Å². The Morgan fingerprint density at radius 3 is 2.62 bits per heavy atom. The highest BCUT2D eigenvalue weighted by molar-refractivity contribution is 7.80. The molecule has 4 rings (SSSR count). The molecule has 3 aromatic rings. The summed E-state index contributed by atoms with van der Waals surface area (Å²) in [4.78, 5) is 17.7. The molecule has 1 aromatic carbocycles. The molecule has 1 aliphatic rings. The summed E-state index contributed by atoms with van der Waals surface area (Å²) in [6.45, 7) is 9.26. The van der Waals surface area contributed by atoms with Crippen molar-refractivity contribution in [3.8, 4) is 11.4 Å². The molecule has 2 atom stereocenters. The molecular weight excluding hydrogens is 450 g/mol. The summed E-state index contributed by atoms with van der Waals surface area (Å²) >= 11 is 5.76. The molecule has 0 aliphatic carbocycles. The zero-order chi connectivity index (χ0) is 24.6. The molecule has 0 radical (unpaired) electrons. The molecule has 9 heteroatoms. The zero-order valence-corrected chi connectivity index (χ0v) is 20.8. The monoisotopic (exact) mass is 479 g/mol. The highest BCUT2D eigenvalue weighted by atomic mass is 32.1. The van der Waals surface area contributed by atoms with Crippen molar-refractivity contribution in [2.24, 2.45) is 5.92 Å². The van der Waals surface area contributed by atoms with Crippen molar-refractivity contribution >= 4 is 23.0 Å². The van der Waals surface area contributed by atoms with Crippen LogP contribution in [0.2, 0.25) is 0 Å². The third kappa shape index (κ3) is 4.23. The maximum Gasteiger partial charge on any atom is 0.273 e. The number of thiocarbonyl (C=S) groups is 1. The van der Waals surface area contributed by atoms with E-state index in [9.17, 15) is 10.1 Å². The number of aryl methyl sites for hydroxylation is 1. The van der Waals surface area contributed by atoms with E-state index < -0.39 is 4.92 Å². The van der Waals surface area contributed by atoms with Crippen LogP contribution in [0.4, 0.5) is 5.69 Å². The van der Waals surface area contributed by atoms with Crippen molar-refractivity contribution in [3.63, 3.8) is 0 Å². The molecule has 8 nitrogen and oxygen atoms in total. The van der Waals surface area contributed by atoms with E-state index in [2.05, 4.69) is 46.6 Å². The number of aromatic nitrogens is 2. The molecule has 0 amide bonds. The van der Waals surface area contributed by atoms with Crippen LogP contribution in [0, 0.1) is 29.9 Å². The number of hydrogen-bond acceptors (Lipinski definition) is 5. The van der Waals surface area contributed by atoms with Gasteiger partial charge in [0.25, 0.3) is 5.69 Å². The van der Waals surface area contributed by atoms with Crippen LogP contribution in [-0.2, 0) is 0 Å². The predicted molar refractivity (Wildman–Crippen MR) is 135 cm³/mol. The number of ether oxygens (including phenoxy) is 1. The summed E-state index contributed by atoms with van der Waals surface area (Å²) in [6.07, 6.45) is 1.80. The number of non-ortho nitro benzene ring substituents is 1. The number of nitrogens with zero attached hydrogens (tertiary/aromatic N) is 4. The fraction of sp³-hybridized carbons (Fsp3) is 0.360. The lowest BCUT2D eigenvalue weighted by Gasteiger charge is -2.29. The first-order chi connectivity index (χ1) is 16.2. The average Bonchev–Trinajstić information content (AvgIpc) is 3.28. The number of nitro benzene ring substituents is 1. The van der Waals surface area contributed by atoms with Gasteiger partial charge in [0, 0.05) is 30.2 Å². The van der Waals surface area contributed by atoms with Crippen molar-refractivity contribution in [1.29, 1.82) is 0 Å². The molecule has 178 valence electrons. The Hall–Kier alpha value is -3.46. The summed E-state index contributed by atoms with van der Waals surface area (Å²) in [7, 11) is 1.53. The van der Waals surface area contributed by atoms with Crippen LogP contribution < -0.4 is 10.1 Å². The number of hydrogen-bond donors (Lipinski definition) is 1. The van der Waals surface area contributed by atoms with Crippen molar-refractivity contribution < 1.29 is 9.66 Å². The summed E-state index contributed by atoms with van der Waals surface area (Å²) in [5, 5.41) is 15.5. The number of nitro groups is 1. The lowest BCUT2D eigenvalue weighted by Crippen LogP contribution is -2.33.